The minimum Gasteiger partial charge on any atom is -0.355 e. The van der Waals surface area contributed by atoms with Crippen LogP contribution in [0.1, 0.15) is 28.5 Å². The fraction of sp³-hybridized carbons (Fsp3) is 0.286. The van der Waals surface area contributed by atoms with E-state index in [2.05, 4.69) is 10.3 Å². The van der Waals surface area contributed by atoms with Crippen LogP contribution in [0.15, 0.2) is 18.2 Å². The second-order valence-corrected chi connectivity index (χ2v) is 4.53. The summed E-state index contributed by atoms with van der Waals surface area (Å²) >= 11 is 6.40. The van der Waals surface area contributed by atoms with Crippen LogP contribution in [-0.4, -0.2) is 17.9 Å². The number of carbonyl (C=O) groups is 1. The van der Waals surface area contributed by atoms with Gasteiger partial charge in [0.2, 0.25) is 0 Å². The zero-order valence-electron chi connectivity index (χ0n) is 10.7. The number of aryl methyl sites for hydroxylation is 1. The van der Waals surface area contributed by atoms with Crippen LogP contribution in [0.25, 0.3) is 10.9 Å². The number of nitrogens with one attached hydrogen (secondary N) is 1. The van der Waals surface area contributed by atoms with Gasteiger partial charge in [-0.1, -0.05) is 18.5 Å². The predicted octanol–water partition coefficient (Wildman–Crippen LogP) is 3.12. The average molecular weight is 263 g/mol. The van der Waals surface area contributed by atoms with Crippen molar-refractivity contribution in [2.45, 2.75) is 20.3 Å². The zero-order chi connectivity index (χ0) is 13.3. The molecule has 1 heterocycles. The van der Waals surface area contributed by atoms with E-state index in [9.17, 15) is 4.79 Å². The van der Waals surface area contributed by atoms with Crippen LogP contribution < -0.4 is 5.32 Å². The van der Waals surface area contributed by atoms with Gasteiger partial charge in [-0.2, -0.15) is 0 Å². The number of hydrogen-bond donors (Lipinski definition) is 1. The molecule has 3 nitrogen and oxygen atoms in total. The van der Waals surface area contributed by atoms with E-state index in [1.165, 1.54) is 0 Å². The lowest BCUT2D eigenvalue weighted by Crippen LogP contribution is -2.17. The Bertz CT molecular complexity index is 623. The molecule has 2 rings (SSSR count). The van der Waals surface area contributed by atoms with E-state index in [1.807, 2.05) is 19.9 Å². The van der Waals surface area contributed by atoms with Crippen LogP contribution in [-0.2, 0) is 6.42 Å². The molecule has 4 heteroatoms. The summed E-state index contributed by atoms with van der Waals surface area (Å²) < 4.78 is 0. The molecule has 0 aliphatic rings. The van der Waals surface area contributed by atoms with Gasteiger partial charge in [0.25, 0.3) is 5.91 Å². The normalized spacial score (nSPS) is 10.7. The van der Waals surface area contributed by atoms with E-state index in [0.29, 0.717) is 10.6 Å². The lowest BCUT2D eigenvalue weighted by atomic mass is 10.0. The number of carbonyl (C=O) groups excluding carboxylic acids is 1. The Morgan fingerprint density at radius 3 is 2.78 bits per heavy atom. The van der Waals surface area contributed by atoms with Crippen molar-refractivity contribution in [3.8, 4) is 0 Å². The molecule has 1 aromatic carbocycles. The Morgan fingerprint density at radius 2 is 2.17 bits per heavy atom. The number of aromatic nitrogens is 1. The van der Waals surface area contributed by atoms with Crippen molar-refractivity contribution >= 4 is 28.4 Å². The summed E-state index contributed by atoms with van der Waals surface area (Å²) in [7, 11) is 1.61. The van der Waals surface area contributed by atoms with E-state index >= 15 is 0 Å². The Kier molecular flexibility index (Phi) is 3.53. The highest BCUT2D eigenvalue weighted by Crippen LogP contribution is 2.29. The maximum Gasteiger partial charge on any atom is 0.251 e. The van der Waals surface area contributed by atoms with E-state index in [-0.39, 0.29) is 5.91 Å². The van der Waals surface area contributed by atoms with Gasteiger partial charge >= 0.3 is 0 Å². The van der Waals surface area contributed by atoms with Crippen LogP contribution >= 0.6 is 11.6 Å². The molecule has 0 bridgehead atoms. The monoisotopic (exact) mass is 262 g/mol. The molecule has 0 aliphatic carbocycles. The SMILES string of the molecule is CCc1c(C)nc2ccc(C(=O)NC)cc2c1Cl. The molecule has 0 saturated heterocycles. The second-order valence-electron chi connectivity index (χ2n) is 4.15. The molecule has 0 unspecified atom stereocenters. The first-order chi connectivity index (χ1) is 8.58. The number of amides is 1. The molecule has 0 spiro atoms. The summed E-state index contributed by atoms with van der Waals surface area (Å²) in [4.78, 5) is 16.1. The lowest BCUT2D eigenvalue weighted by Gasteiger charge is -2.10. The smallest absolute Gasteiger partial charge is 0.251 e. The summed E-state index contributed by atoms with van der Waals surface area (Å²) in [5.41, 5.74) is 3.41. The molecule has 0 aliphatic heterocycles. The average Bonchev–Trinajstić information content (AvgIpc) is 2.38. The molecular weight excluding hydrogens is 248 g/mol. The highest BCUT2D eigenvalue weighted by atomic mass is 35.5. The molecule has 1 amide bonds. The van der Waals surface area contributed by atoms with E-state index in [1.54, 1.807) is 19.2 Å². The van der Waals surface area contributed by atoms with Crippen molar-refractivity contribution in [2.75, 3.05) is 7.05 Å². The number of halogens is 1. The third-order valence-corrected chi connectivity index (χ3v) is 3.50. The Balaban J connectivity index is 2.72. The van der Waals surface area contributed by atoms with Crippen molar-refractivity contribution < 1.29 is 4.79 Å². The second kappa shape index (κ2) is 4.94. The lowest BCUT2D eigenvalue weighted by molar-refractivity contribution is 0.0963. The van der Waals surface area contributed by atoms with Crippen molar-refractivity contribution in [3.63, 3.8) is 0 Å². The molecule has 0 saturated carbocycles. The van der Waals surface area contributed by atoms with Crippen LogP contribution in [0, 0.1) is 6.92 Å². The minimum atomic E-state index is -0.119. The minimum absolute atomic E-state index is 0.119. The fourth-order valence-corrected chi connectivity index (χ4v) is 2.50. The molecule has 2 aromatic rings. The van der Waals surface area contributed by atoms with Gasteiger partial charge in [0.1, 0.15) is 0 Å². The number of fused-ring (bicyclic) bond motifs is 1. The molecule has 0 radical (unpaired) electrons. The van der Waals surface area contributed by atoms with Gasteiger partial charge in [-0.15, -0.1) is 0 Å². The van der Waals surface area contributed by atoms with Gasteiger partial charge in [0, 0.05) is 23.7 Å². The van der Waals surface area contributed by atoms with Crippen molar-refractivity contribution in [1.82, 2.24) is 10.3 Å². The van der Waals surface area contributed by atoms with Gasteiger partial charge in [0.05, 0.1) is 10.5 Å². The van der Waals surface area contributed by atoms with Gasteiger partial charge in [0.15, 0.2) is 0 Å². The molecule has 0 atom stereocenters. The Labute approximate surface area is 111 Å². The first kappa shape index (κ1) is 12.8. The summed E-state index contributed by atoms with van der Waals surface area (Å²) in [6.45, 7) is 4.00. The van der Waals surface area contributed by atoms with E-state index in [4.69, 9.17) is 11.6 Å². The highest BCUT2D eigenvalue weighted by Gasteiger charge is 2.11. The van der Waals surface area contributed by atoms with Crippen LogP contribution in [0.3, 0.4) is 0 Å². The Hall–Kier alpha value is -1.61. The first-order valence-electron chi connectivity index (χ1n) is 5.89. The fourth-order valence-electron chi connectivity index (χ4n) is 2.08. The van der Waals surface area contributed by atoms with E-state index < -0.39 is 0 Å². The number of pyridine rings is 1. The standard InChI is InChI=1S/C14H15ClN2O/c1-4-10-8(2)17-12-6-5-9(14(18)16-3)7-11(12)13(10)15/h5-7H,4H2,1-3H3,(H,16,18). The van der Waals surface area contributed by atoms with Crippen LogP contribution in [0.4, 0.5) is 0 Å². The molecule has 1 aromatic heterocycles. The molecule has 18 heavy (non-hydrogen) atoms. The molecule has 94 valence electrons. The molecular formula is C14H15ClN2O. The summed E-state index contributed by atoms with van der Waals surface area (Å²) in [6.07, 6.45) is 0.831. The van der Waals surface area contributed by atoms with Crippen molar-refractivity contribution in [2.24, 2.45) is 0 Å². The summed E-state index contributed by atoms with van der Waals surface area (Å²) in [5.74, 6) is -0.119. The van der Waals surface area contributed by atoms with Gasteiger partial charge in [-0.25, -0.2) is 0 Å². The maximum atomic E-state index is 11.6. The quantitative estimate of drug-likeness (QED) is 0.904. The third-order valence-electron chi connectivity index (χ3n) is 3.07. The van der Waals surface area contributed by atoms with Crippen molar-refractivity contribution in [3.05, 3.63) is 40.0 Å². The number of nitrogens with zero attached hydrogens (tertiary/aromatic N) is 1. The number of hydrogen-bond acceptors (Lipinski definition) is 2. The first-order valence-corrected chi connectivity index (χ1v) is 6.27. The number of benzene rings is 1. The van der Waals surface area contributed by atoms with Gasteiger partial charge in [-0.3, -0.25) is 9.78 Å². The maximum absolute atomic E-state index is 11.6. The van der Waals surface area contributed by atoms with Gasteiger partial charge in [-0.05, 0) is 37.1 Å². The Morgan fingerprint density at radius 1 is 1.44 bits per heavy atom. The predicted molar refractivity (Wildman–Crippen MR) is 74.3 cm³/mol. The zero-order valence-corrected chi connectivity index (χ0v) is 11.4. The highest BCUT2D eigenvalue weighted by molar-refractivity contribution is 6.36. The van der Waals surface area contributed by atoms with Crippen LogP contribution in [0.5, 0.6) is 0 Å². The summed E-state index contributed by atoms with van der Waals surface area (Å²) in [5, 5.41) is 4.14. The topological polar surface area (TPSA) is 42.0 Å². The molecule has 0 fully saturated rings. The molecule has 1 N–H and O–H groups in total. The number of rotatable bonds is 2. The van der Waals surface area contributed by atoms with Gasteiger partial charge < -0.3 is 5.32 Å². The van der Waals surface area contributed by atoms with Crippen molar-refractivity contribution in [1.29, 1.82) is 0 Å². The van der Waals surface area contributed by atoms with Crippen LogP contribution in [0.2, 0.25) is 5.02 Å². The summed E-state index contributed by atoms with van der Waals surface area (Å²) in [6, 6.07) is 5.38. The largest absolute Gasteiger partial charge is 0.355 e. The van der Waals surface area contributed by atoms with E-state index in [0.717, 1.165) is 28.6 Å². The third kappa shape index (κ3) is 2.06.